The summed E-state index contributed by atoms with van der Waals surface area (Å²) in [7, 11) is 0. The largest absolute Gasteiger partial charge is 0.491 e. The van der Waals surface area contributed by atoms with Gasteiger partial charge in [0.15, 0.2) is 6.10 Å². The second-order valence-corrected chi connectivity index (χ2v) is 10.9. The Bertz CT molecular complexity index is 972. The third-order valence-corrected chi connectivity index (χ3v) is 7.09. The maximum absolute atomic E-state index is 12.8. The molecule has 7 nitrogen and oxygen atoms in total. The summed E-state index contributed by atoms with van der Waals surface area (Å²) in [6, 6.07) is 16.7. The molecule has 0 spiro atoms. The highest BCUT2D eigenvalue weighted by Gasteiger charge is 2.31. The maximum atomic E-state index is 12.8. The van der Waals surface area contributed by atoms with E-state index in [1.54, 1.807) is 0 Å². The van der Waals surface area contributed by atoms with Gasteiger partial charge in [0.1, 0.15) is 18.1 Å². The predicted octanol–water partition coefficient (Wildman–Crippen LogP) is 6.29. The molecule has 1 amide bonds. The van der Waals surface area contributed by atoms with E-state index in [1.807, 2.05) is 63.8 Å². The number of ether oxygens (including phenoxy) is 3. The molecule has 1 aliphatic rings. The summed E-state index contributed by atoms with van der Waals surface area (Å²) in [6.45, 7) is 11.1. The van der Waals surface area contributed by atoms with Crippen LogP contribution < -0.4 is 9.47 Å². The van der Waals surface area contributed by atoms with Crippen LogP contribution in [0.2, 0.25) is 0 Å². The number of carboxylic acid groups (broad SMARTS) is 1. The number of hydrogen-bond acceptors (Lipinski definition) is 5. The van der Waals surface area contributed by atoms with E-state index >= 15 is 0 Å². The van der Waals surface area contributed by atoms with Gasteiger partial charge in [-0.25, -0.2) is 4.79 Å². The molecule has 1 aliphatic heterocycles. The molecule has 0 saturated carbocycles. The first kappa shape index (κ1) is 30.5. The van der Waals surface area contributed by atoms with Crippen LogP contribution in [0.15, 0.2) is 48.5 Å². The van der Waals surface area contributed by atoms with E-state index in [0.29, 0.717) is 25.4 Å². The molecular weight excluding hydrogens is 494 g/mol. The van der Waals surface area contributed by atoms with Gasteiger partial charge in [0.05, 0.1) is 12.2 Å². The molecule has 0 bridgehead atoms. The van der Waals surface area contributed by atoms with Gasteiger partial charge in [-0.1, -0.05) is 44.0 Å². The van der Waals surface area contributed by atoms with Crippen LogP contribution in [-0.2, 0) is 14.3 Å². The normalized spacial score (nSPS) is 15.1. The summed E-state index contributed by atoms with van der Waals surface area (Å²) in [5.74, 6) is 1.08. The zero-order chi connectivity index (χ0) is 28.4. The highest BCUT2D eigenvalue weighted by molar-refractivity contribution is 5.78. The molecular formula is C32H45NO6. The van der Waals surface area contributed by atoms with Gasteiger partial charge in [0.2, 0.25) is 5.91 Å². The zero-order valence-corrected chi connectivity index (χ0v) is 24.1. The number of benzene rings is 2. The minimum atomic E-state index is -1.01. The maximum Gasteiger partial charge on any atom is 0.332 e. The molecule has 39 heavy (non-hydrogen) atoms. The molecule has 2 aromatic rings. The first-order chi connectivity index (χ1) is 18.7. The number of nitrogens with zero attached hydrogens (tertiary/aromatic N) is 1. The number of aliphatic carboxylic acids is 1. The van der Waals surface area contributed by atoms with Gasteiger partial charge >= 0.3 is 5.97 Å². The summed E-state index contributed by atoms with van der Waals surface area (Å²) >= 11 is 0. The van der Waals surface area contributed by atoms with E-state index in [0.717, 1.165) is 37.2 Å². The van der Waals surface area contributed by atoms with Crippen LogP contribution in [0.5, 0.6) is 11.5 Å². The third kappa shape index (κ3) is 9.27. The molecule has 1 unspecified atom stereocenters. The summed E-state index contributed by atoms with van der Waals surface area (Å²) in [6.07, 6.45) is 3.06. The zero-order valence-electron chi connectivity index (χ0n) is 24.1. The third-order valence-electron chi connectivity index (χ3n) is 7.09. The number of amides is 1. The van der Waals surface area contributed by atoms with Crippen molar-refractivity contribution in [1.29, 1.82) is 0 Å². The van der Waals surface area contributed by atoms with Crippen molar-refractivity contribution < 1.29 is 28.9 Å². The Kier molecular flexibility index (Phi) is 11.7. The average molecular weight is 540 g/mol. The Balaban J connectivity index is 1.70. The topological polar surface area (TPSA) is 85.3 Å². The Labute approximate surface area is 233 Å². The molecule has 2 aromatic carbocycles. The summed E-state index contributed by atoms with van der Waals surface area (Å²) in [5, 5.41) is 9.39. The SMILES string of the molecule is CCCCC(OCC(=O)N1CCC(C(c2ccc(OC(C)C)cc2)c2ccc(OC(C)C)cc2)CC1)C(=O)O. The molecule has 1 fully saturated rings. The average Bonchev–Trinajstić information content (AvgIpc) is 2.90. The number of carbonyl (C=O) groups excluding carboxylic acids is 1. The lowest BCUT2D eigenvalue weighted by Crippen LogP contribution is -2.42. The highest BCUT2D eigenvalue weighted by Crippen LogP contribution is 2.39. The van der Waals surface area contributed by atoms with Crippen molar-refractivity contribution in [3.63, 3.8) is 0 Å². The van der Waals surface area contributed by atoms with Crippen molar-refractivity contribution in [2.75, 3.05) is 19.7 Å². The van der Waals surface area contributed by atoms with Gasteiger partial charge < -0.3 is 24.2 Å². The fraction of sp³-hybridized carbons (Fsp3) is 0.562. The molecule has 3 rings (SSSR count). The number of unbranched alkanes of at least 4 members (excludes halogenated alkanes) is 1. The van der Waals surface area contributed by atoms with E-state index in [9.17, 15) is 14.7 Å². The highest BCUT2D eigenvalue weighted by atomic mass is 16.5. The molecule has 1 atom stereocenters. The fourth-order valence-corrected chi connectivity index (χ4v) is 5.20. The second kappa shape index (κ2) is 14.9. The first-order valence-corrected chi connectivity index (χ1v) is 14.3. The van der Waals surface area contributed by atoms with E-state index in [2.05, 4.69) is 24.3 Å². The standard InChI is InChI=1S/C32H45NO6/c1-6-7-8-29(32(35)36)37-21-30(34)33-19-17-26(18-20-33)31(24-9-13-27(14-10-24)38-22(2)3)25-11-15-28(16-12-25)39-23(4)5/h9-16,22-23,26,29,31H,6-8,17-21H2,1-5H3,(H,35,36). The molecule has 1 N–H and O–H groups in total. The van der Waals surface area contributed by atoms with Crippen LogP contribution in [0, 0.1) is 5.92 Å². The molecule has 1 saturated heterocycles. The van der Waals surface area contributed by atoms with Crippen molar-refractivity contribution in [2.24, 2.45) is 5.92 Å². The summed E-state index contributed by atoms with van der Waals surface area (Å²) in [4.78, 5) is 26.1. The van der Waals surface area contributed by atoms with Crippen molar-refractivity contribution >= 4 is 11.9 Å². The lowest BCUT2D eigenvalue weighted by atomic mass is 9.76. The molecule has 214 valence electrons. The summed E-state index contributed by atoms with van der Waals surface area (Å²) in [5.41, 5.74) is 2.44. The van der Waals surface area contributed by atoms with Gasteiger partial charge in [0.25, 0.3) is 0 Å². The van der Waals surface area contributed by atoms with Crippen LogP contribution >= 0.6 is 0 Å². The molecule has 0 aliphatic carbocycles. The Morgan fingerprint density at radius 1 is 0.872 bits per heavy atom. The van der Waals surface area contributed by atoms with Gasteiger partial charge in [-0.3, -0.25) is 4.79 Å². The van der Waals surface area contributed by atoms with Crippen molar-refractivity contribution in [3.8, 4) is 11.5 Å². The van der Waals surface area contributed by atoms with Crippen molar-refractivity contribution in [3.05, 3.63) is 59.7 Å². The summed E-state index contributed by atoms with van der Waals surface area (Å²) < 4.78 is 17.2. The smallest absolute Gasteiger partial charge is 0.332 e. The molecule has 1 heterocycles. The fourth-order valence-electron chi connectivity index (χ4n) is 5.20. The van der Waals surface area contributed by atoms with Crippen LogP contribution in [0.3, 0.4) is 0 Å². The second-order valence-electron chi connectivity index (χ2n) is 10.9. The van der Waals surface area contributed by atoms with Gasteiger partial charge in [-0.2, -0.15) is 0 Å². The molecule has 0 aromatic heterocycles. The number of carboxylic acids is 1. The van der Waals surface area contributed by atoms with E-state index in [-0.39, 0.29) is 30.6 Å². The monoisotopic (exact) mass is 539 g/mol. The Morgan fingerprint density at radius 2 is 1.36 bits per heavy atom. The number of rotatable bonds is 14. The lowest BCUT2D eigenvalue weighted by Gasteiger charge is -2.37. The quantitative estimate of drug-likeness (QED) is 0.304. The Hall–Kier alpha value is -3.06. The van der Waals surface area contributed by atoms with Gasteiger partial charge in [-0.05, 0) is 88.3 Å². The van der Waals surface area contributed by atoms with Crippen molar-refractivity contribution in [1.82, 2.24) is 4.90 Å². The van der Waals surface area contributed by atoms with Crippen LogP contribution in [0.1, 0.15) is 83.8 Å². The lowest BCUT2D eigenvalue weighted by molar-refractivity contribution is -0.155. The Morgan fingerprint density at radius 3 is 1.77 bits per heavy atom. The number of hydrogen-bond donors (Lipinski definition) is 1. The molecule has 7 heteroatoms. The van der Waals surface area contributed by atoms with E-state index in [4.69, 9.17) is 14.2 Å². The van der Waals surface area contributed by atoms with Crippen molar-refractivity contribution in [2.45, 2.75) is 91.0 Å². The van der Waals surface area contributed by atoms with Crippen LogP contribution in [0.25, 0.3) is 0 Å². The van der Waals surface area contributed by atoms with E-state index in [1.165, 1.54) is 11.1 Å². The molecule has 0 radical (unpaired) electrons. The minimum Gasteiger partial charge on any atom is -0.491 e. The predicted molar refractivity (Wildman–Crippen MR) is 152 cm³/mol. The van der Waals surface area contributed by atoms with Gasteiger partial charge in [-0.15, -0.1) is 0 Å². The van der Waals surface area contributed by atoms with Crippen LogP contribution in [-0.4, -0.2) is 59.9 Å². The first-order valence-electron chi connectivity index (χ1n) is 14.3. The number of carbonyl (C=O) groups is 2. The number of piperidine rings is 1. The minimum absolute atomic E-state index is 0.114. The number of likely N-dealkylation sites (tertiary alicyclic amines) is 1. The van der Waals surface area contributed by atoms with Crippen LogP contribution in [0.4, 0.5) is 0 Å². The van der Waals surface area contributed by atoms with E-state index < -0.39 is 12.1 Å². The van der Waals surface area contributed by atoms with Gasteiger partial charge in [0, 0.05) is 19.0 Å².